The van der Waals surface area contributed by atoms with Crippen LogP contribution in [0.3, 0.4) is 0 Å². The monoisotopic (exact) mass is 338 g/mol. The third-order valence-electron chi connectivity index (χ3n) is 4.02. The summed E-state index contributed by atoms with van der Waals surface area (Å²) in [6.45, 7) is 2.53. The quantitative estimate of drug-likeness (QED) is 0.295. The Bertz CT molecular complexity index is 583. The molecule has 0 aliphatic rings. The molecule has 0 atom stereocenters. The maximum atomic E-state index is 11.4. The Morgan fingerprint density at radius 2 is 1.62 bits per heavy atom. The first-order valence-electron chi connectivity index (χ1n) is 8.74. The van der Waals surface area contributed by atoms with Crippen molar-refractivity contribution in [2.75, 3.05) is 6.61 Å². The highest BCUT2D eigenvalue weighted by Gasteiger charge is 2.13. The summed E-state index contributed by atoms with van der Waals surface area (Å²) in [5, 5.41) is 0. The molecule has 0 aromatic heterocycles. The van der Waals surface area contributed by atoms with Crippen molar-refractivity contribution in [2.24, 2.45) is 0 Å². The van der Waals surface area contributed by atoms with Gasteiger partial charge in [-0.25, -0.2) is 4.79 Å². The second-order valence-corrected chi connectivity index (χ2v) is 7.95. The van der Waals surface area contributed by atoms with Crippen LogP contribution in [0.4, 0.5) is 0 Å². The highest BCUT2D eigenvalue weighted by molar-refractivity contribution is 6.39. The Labute approximate surface area is 147 Å². The van der Waals surface area contributed by atoms with E-state index in [1.165, 1.54) is 23.2 Å². The Hall–Kier alpha value is -2.13. The van der Waals surface area contributed by atoms with Gasteiger partial charge in [0.25, 0.3) is 0 Å². The molecule has 0 spiro atoms. The van der Waals surface area contributed by atoms with Crippen molar-refractivity contribution >= 4 is 15.5 Å². The number of carbonyl (C=O) groups excluding carboxylic acids is 1. The Morgan fingerprint density at radius 1 is 1.04 bits per heavy atom. The normalized spacial score (nSPS) is 11.6. The lowest BCUT2D eigenvalue weighted by Crippen LogP contribution is -2.11. The molecule has 0 saturated heterocycles. The first-order chi connectivity index (χ1) is 11.8. The molecule has 2 aromatic carbocycles. The van der Waals surface area contributed by atoms with Gasteiger partial charge in [0, 0.05) is 15.6 Å². The van der Waals surface area contributed by atoms with Gasteiger partial charge in [-0.1, -0.05) is 79.7 Å². The van der Waals surface area contributed by atoms with E-state index in [1.807, 2.05) is 13.0 Å². The lowest BCUT2D eigenvalue weighted by molar-refractivity contribution is -0.137. The molecule has 3 heteroatoms. The predicted octanol–water partition coefficient (Wildman–Crippen LogP) is 4.26. The third-order valence-corrected chi connectivity index (χ3v) is 6.45. The van der Waals surface area contributed by atoms with Gasteiger partial charge in [-0.3, -0.25) is 0 Å². The molecule has 2 nitrogen and oxygen atoms in total. The summed E-state index contributed by atoms with van der Waals surface area (Å²) in [6, 6.07) is 22.6. The van der Waals surface area contributed by atoms with E-state index in [0.717, 1.165) is 12.8 Å². The average molecular weight is 339 g/mol. The van der Waals surface area contributed by atoms with Crippen LogP contribution >= 0.6 is 0 Å². The van der Waals surface area contributed by atoms with E-state index >= 15 is 0 Å². The molecule has 24 heavy (non-hydrogen) atoms. The van der Waals surface area contributed by atoms with Crippen molar-refractivity contribution in [3.8, 4) is 0 Å². The minimum atomic E-state index is -0.341. The molecular weight excluding hydrogens is 312 g/mol. The molecule has 0 heterocycles. The van der Waals surface area contributed by atoms with E-state index in [0.29, 0.717) is 12.1 Å². The smallest absolute Gasteiger partial charge is 0.330 e. The second-order valence-electron chi connectivity index (χ2n) is 5.85. The zero-order valence-corrected chi connectivity index (χ0v) is 15.8. The standard InChI is InChI=1S/C21H26O2Si/c1-2-3-15-20(22)23-16-10-17-24-21(18-11-6-4-7-12-18)19-13-8-5-9-14-19/h3-9,11-15,21H,2,10,16-17,24H2,1H3. The molecule has 0 bridgehead atoms. The molecule has 2 aromatic rings. The highest BCUT2D eigenvalue weighted by Crippen LogP contribution is 2.24. The van der Waals surface area contributed by atoms with E-state index in [2.05, 4.69) is 60.7 Å². The van der Waals surface area contributed by atoms with Gasteiger partial charge in [-0.2, -0.15) is 0 Å². The van der Waals surface area contributed by atoms with Crippen LogP contribution in [0, 0.1) is 0 Å². The van der Waals surface area contributed by atoms with Crippen molar-refractivity contribution in [3.05, 3.63) is 83.9 Å². The second kappa shape index (κ2) is 10.6. The van der Waals surface area contributed by atoms with E-state index in [-0.39, 0.29) is 15.5 Å². The van der Waals surface area contributed by atoms with Gasteiger partial charge in [0.05, 0.1) is 6.61 Å². The zero-order chi connectivity index (χ0) is 17.0. The topological polar surface area (TPSA) is 26.3 Å². The zero-order valence-electron chi connectivity index (χ0n) is 14.4. The fourth-order valence-electron chi connectivity index (χ4n) is 2.78. The van der Waals surface area contributed by atoms with E-state index in [9.17, 15) is 4.79 Å². The van der Waals surface area contributed by atoms with Crippen LogP contribution in [0.1, 0.15) is 36.4 Å². The minimum Gasteiger partial charge on any atom is -0.463 e. The molecule has 0 saturated carbocycles. The van der Waals surface area contributed by atoms with Gasteiger partial charge in [-0.15, -0.1) is 0 Å². The van der Waals surface area contributed by atoms with Crippen LogP contribution in [0.15, 0.2) is 72.8 Å². The van der Waals surface area contributed by atoms with E-state index in [4.69, 9.17) is 4.74 Å². The molecule has 0 fully saturated rings. The van der Waals surface area contributed by atoms with Crippen molar-refractivity contribution in [1.82, 2.24) is 0 Å². The molecule has 0 aliphatic carbocycles. The number of esters is 1. The summed E-state index contributed by atoms with van der Waals surface area (Å²) >= 11 is 0. The first-order valence-corrected chi connectivity index (χ1v) is 10.6. The summed E-state index contributed by atoms with van der Waals surface area (Å²) in [4.78, 5) is 11.4. The summed E-state index contributed by atoms with van der Waals surface area (Å²) in [5.41, 5.74) is 3.33. The maximum absolute atomic E-state index is 11.4. The molecule has 0 unspecified atom stereocenters. The minimum absolute atomic E-state index is 0.221. The molecule has 0 radical (unpaired) electrons. The molecule has 0 N–H and O–H groups in total. The average Bonchev–Trinajstić information content (AvgIpc) is 2.64. The van der Waals surface area contributed by atoms with Gasteiger partial charge in [0.2, 0.25) is 0 Å². The van der Waals surface area contributed by atoms with Crippen LogP contribution in [0.2, 0.25) is 6.04 Å². The summed E-state index contributed by atoms with van der Waals surface area (Å²) in [6.07, 6.45) is 5.16. The Balaban J connectivity index is 1.86. The predicted molar refractivity (Wildman–Crippen MR) is 103 cm³/mol. The highest BCUT2D eigenvalue weighted by atomic mass is 28.2. The third kappa shape index (κ3) is 6.17. The van der Waals surface area contributed by atoms with Crippen molar-refractivity contribution in [3.63, 3.8) is 0 Å². The van der Waals surface area contributed by atoms with Crippen molar-refractivity contribution in [1.29, 1.82) is 0 Å². The summed E-state index contributed by atoms with van der Waals surface area (Å²) < 4.78 is 5.23. The summed E-state index contributed by atoms with van der Waals surface area (Å²) in [7, 11) is -0.341. The maximum Gasteiger partial charge on any atom is 0.330 e. The van der Waals surface area contributed by atoms with Crippen LogP contribution in [-0.4, -0.2) is 22.1 Å². The number of carbonyl (C=O) groups is 1. The van der Waals surface area contributed by atoms with Gasteiger partial charge in [-0.05, 0) is 29.5 Å². The van der Waals surface area contributed by atoms with Crippen LogP contribution in [0.25, 0.3) is 0 Å². The van der Waals surface area contributed by atoms with Crippen molar-refractivity contribution < 1.29 is 9.53 Å². The van der Waals surface area contributed by atoms with E-state index < -0.39 is 0 Å². The first kappa shape index (κ1) is 18.2. The molecule has 0 amide bonds. The fourth-order valence-corrected chi connectivity index (χ4v) is 4.89. The largest absolute Gasteiger partial charge is 0.463 e. The number of benzene rings is 2. The van der Waals surface area contributed by atoms with Crippen LogP contribution in [0.5, 0.6) is 0 Å². The van der Waals surface area contributed by atoms with Crippen LogP contribution in [-0.2, 0) is 9.53 Å². The lowest BCUT2D eigenvalue weighted by Gasteiger charge is -2.17. The van der Waals surface area contributed by atoms with Crippen molar-refractivity contribution in [2.45, 2.75) is 31.4 Å². The SMILES string of the molecule is CCC=CC(=O)OCCC[SiH2]C(c1ccccc1)c1ccccc1. The molecule has 126 valence electrons. The van der Waals surface area contributed by atoms with Gasteiger partial charge in [0.15, 0.2) is 0 Å². The number of rotatable bonds is 9. The van der Waals surface area contributed by atoms with Gasteiger partial charge >= 0.3 is 5.97 Å². The molecular formula is C21H26O2Si. The molecule has 2 rings (SSSR count). The number of hydrogen-bond donors (Lipinski definition) is 0. The van der Waals surface area contributed by atoms with Gasteiger partial charge < -0.3 is 4.74 Å². The van der Waals surface area contributed by atoms with E-state index in [1.54, 1.807) is 0 Å². The summed E-state index contributed by atoms with van der Waals surface area (Å²) in [5.74, 6) is -0.221. The number of hydrogen-bond acceptors (Lipinski definition) is 2. The van der Waals surface area contributed by atoms with Gasteiger partial charge in [0.1, 0.15) is 0 Å². The Kier molecular flexibility index (Phi) is 8.05. The molecule has 0 aliphatic heterocycles. The number of allylic oxidation sites excluding steroid dienone is 1. The van der Waals surface area contributed by atoms with Crippen LogP contribution < -0.4 is 0 Å². The number of ether oxygens (including phenoxy) is 1. The lowest BCUT2D eigenvalue weighted by atomic mass is 10.0. The fraction of sp³-hybridized carbons (Fsp3) is 0.286. The Morgan fingerprint density at radius 3 is 2.17 bits per heavy atom.